The summed E-state index contributed by atoms with van der Waals surface area (Å²) in [4.78, 5) is 25.1. The Balaban J connectivity index is 1.80. The smallest absolute Gasteiger partial charge is 0.310 e. The molecule has 0 saturated heterocycles. The van der Waals surface area contributed by atoms with Gasteiger partial charge in [-0.2, -0.15) is 0 Å². The molecule has 25 heavy (non-hydrogen) atoms. The number of benzene rings is 2. The molecule has 130 valence electrons. The van der Waals surface area contributed by atoms with E-state index >= 15 is 0 Å². The Morgan fingerprint density at radius 1 is 1.32 bits per heavy atom. The van der Waals surface area contributed by atoms with E-state index in [2.05, 4.69) is 0 Å². The number of amides is 1. The van der Waals surface area contributed by atoms with Crippen LogP contribution in [0.3, 0.4) is 0 Å². The Bertz CT molecular complexity index is 819. The Kier molecular flexibility index (Phi) is 4.70. The number of hydrogen-bond acceptors (Lipinski definition) is 4. The summed E-state index contributed by atoms with van der Waals surface area (Å²) < 4.78 is 5.52. The van der Waals surface area contributed by atoms with Gasteiger partial charge in [-0.05, 0) is 49.9 Å². The third kappa shape index (κ3) is 3.47. The van der Waals surface area contributed by atoms with Gasteiger partial charge >= 0.3 is 5.69 Å². The summed E-state index contributed by atoms with van der Waals surface area (Å²) in [5, 5.41) is 11.1. The standard InChI is InChI=1S/C19H20N2O4/c1-13-7-10-17(21(23)24)18(11-13)25-12-19(22)20-14(2)8-9-15-5-3-4-6-16(15)20/h3-7,10-11,14H,8-9,12H2,1-2H3. The lowest BCUT2D eigenvalue weighted by Gasteiger charge is -2.35. The second-order valence-electron chi connectivity index (χ2n) is 6.30. The van der Waals surface area contributed by atoms with E-state index in [9.17, 15) is 14.9 Å². The number of anilines is 1. The number of fused-ring (bicyclic) bond motifs is 1. The number of ether oxygens (including phenoxy) is 1. The van der Waals surface area contributed by atoms with Crippen molar-refractivity contribution in [1.82, 2.24) is 0 Å². The molecule has 2 aromatic carbocycles. The van der Waals surface area contributed by atoms with Crippen molar-refractivity contribution in [2.45, 2.75) is 32.7 Å². The van der Waals surface area contributed by atoms with Crippen molar-refractivity contribution < 1.29 is 14.5 Å². The van der Waals surface area contributed by atoms with Crippen LogP contribution in [0.2, 0.25) is 0 Å². The van der Waals surface area contributed by atoms with Crippen LogP contribution in [0.15, 0.2) is 42.5 Å². The lowest BCUT2D eigenvalue weighted by Crippen LogP contribution is -2.44. The number of hydrogen-bond donors (Lipinski definition) is 0. The summed E-state index contributed by atoms with van der Waals surface area (Å²) in [6, 6.07) is 12.5. The first-order valence-corrected chi connectivity index (χ1v) is 8.25. The largest absolute Gasteiger partial charge is 0.477 e. The van der Waals surface area contributed by atoms with Gasteiger partial charge in [-0.15, -0.1) is 0 Å². The van der Waals surface area contributed by atoms with E-state index in [-0.39, 0.29) is 30.0 Å². The second-order valence-corrected chi connectivity index (χ2v) is 6.30. The third-order valence-electron chi connectivity index (χ3n) is 4.46. The summed E-state index contributed by atoms with van der Waals surface area (Å²) in [5.74, 6) is -0.0771. The number of carbonyl (C=O) groups is 1. The molecule has 0 spiro atoms. The van der Waals surface area contributed by atoms with Gasteiger partial charge in [0.05, 0.1) is 4.92 Å². The Morgan fingerprint density at radius 2 is 2.08 bits per heavy atom. The fourth-order valence-corrected chi connectivity index (χ4v) is 3.17. The molecular formula is C19H20N2O4. The summed E-state index contributed by atoms with van der Waals surface area (Å²) >= 11 is 0. The van der Waals surface area contributed by atoms with E-state index in [4.69, 9.17) is 4.74 Å². The lowest BCUT2D eigenvalue weighted by molar-refractivity contribution is -0.385. The van der Waals surface area contributed by atoms with Gasteiger partial charge in [0.2, 0.25) is 0 Å². The Labute approximate surface area is 146 Å². The Hall–Kier alpha value is -2.89. The van der Waals surface area contributed by atoms with Crippen LogP contribution in [0.1, 0.15) is 24.5 Å². The lowest BCUT2D eigenvalue weighted by atomic mass is 9.96. The maximum Gasteiger partial charge on any atom is 0.310 e. The molecule has 0 N–H and O–H groups in total. The van der Waals surface area contributed by atoms with E-state index in [0.29, 0.717) is 0 Å². The van der Waals surface area contributed by atoms with Crippen LogP contribution in [0, 0.1) is 17.0 Å². The maximum absolute atomic E-state index is 12.7. The number of para-hydroxylation sites is 1. The molecule has 6 heteroatoms. The van der Waals surface area contributed by atoms with Crippen LogP contribution in [0.25, 0.3) is 0 Å². The van der Waals surface area contributed by atoms with Crippen molar-refractivity contribution in [2.75, 3.05) is 11.5 Å². The van der Waals surface area contributed by atoms with Gasteiger partial charge in [-0.1, -0.05) is 24.3 Å². The second kappa shape index (κ2) is 6.93. The van der Waals surface area contributed by atoms with E-state index in [1.165, 1.54) is 6.07 Å². The molecule has 1 aliphatic rings. The zero-order valence-electron chi connectivity index (χ0n) is 14.3. The van der Waals surface area contributed by atoms with Crippen LogP contribution in [-0.4, -0.2) is 23.5 Å². The monoisotopic (exact) mass is 340 g/mol. The van der Waals surface area contributed by atoms with Gasteiger partial charge in [0.15, 0.2) is 12.4 Å². The zero-order valence-corrected chi connectivity index (χ0v) is 14.3. The molecular weight excluding hydrogens is 320 g/mol. The number of carbonyl (C=O) groups excluding carboxylic acids is 1. The number of rotatable bonds is 4. The molecule has 3 rings (SSSR count). The fourth-order valence-electron chi connectivity index (χ4n) is 3.17. The molecule has 0 aromatic heterocycles. The molecule has 2 aromatic rings. The number of nitrogens with zero attached hydrogens (tertiary/aromatic N) is 2. The van der Waals surface area contributed by atoms with E-state index < -0.39 is 4.92 Å². The van der Waals surface area contributed by atoms with Crippen LogP contribution in [-0.2, 0) is 11.2 Å². The molecule has 1 atom stereocenters. The van der Waals surface area contributed by atoms with Crippen molar-refractivity contribution in [2.24, 2.45) is 0 Å². The number of nitro groups is 1. The first kappa shape index (κ1) is 17.0. The topological polar surface area (TPSA) is 72.7 Å². The molecule has 0 bridgehead atoms. The van der Waals surface area contributed by atoms with Crippen molar-refractivity contribution in [1.29, 1.82) is 0 Å². The summed E-state index contributed by atoms with van der Waals surface area (Å²) in [6.45, 7) is 3.59. The summed E-state index contributed by atoms with van der Waals surface area (Å²) in [6.07, 6.45) is 1.82. The van der Waals surface area contributed by atoms with Gasteiger partial charge in [-0.25, -0.2) is 0 Å². The highest BCUT2D eigenvalue weighted by molar-refractivity contribution is 5.96. The molecule has 0 fully saturated rings. The highest BCUT2D eigenvalue weighted by Gasteiger charge is 2.28. The van der Waals surface area contributed by atoms with E-state index in [1.807, 2.05) is 38.1 Å². The average molecular weight is 340 g/mol. The predicted octanol–water partition coefficient (Wildman–Crippen LogP) is 3.65. The van der Waals surface area contributed by atoms with Crippen molar-refractivity contribution >= 4 is 17.3 Å². The Morgan fingerprint density at radius 3 is 2.84 bits per heavy atom. The molecule has 0 saturated carbocycles. The highest BCUT2D eigenvalue weighted by Crippen LogP contribution is 2.31. The maximum atomic E-state index is 12.7. The SMILES string of the molecule is Cc1ccc([N+](=O)[O-])c(OCC(=O)N2c3ccccc3CCC2C)c1. The van der Waals surface area contributed by atoms with Gasteiger partial charge in [0.25, 0.3) is 5.91 Å². The molecule has 0 aliphatic carbocycles. The van der Waals surface area contributed by atoms with Crippen LogP contribution >= 0.6 is 0 Å². The van der Waals surface area contributed by atoms with Crippen molar-refractivity contribution in [3.8, 4) is 5.75 Å². The van der Waals surface area contributed by atoms with Gasteiger partial charge < -0.3 is 9.64 Å². The minimum absolute atomic E-state index is 0.0681. The predicted molar refractivity (Wildman–Crippen MR) is 95.0 cm³/mol. The molecule has 1 aliphatic heterocycles. The zero-order chi connectivity index (χ0) is 18.0. The fraction of sp³-hybridized carbons (Fsp3) is 0.316. The van der Waals surface area contributed by atoms with Crippen molar-refractivity contribution in [3.05, 3.63) is 63.7 Å². The minimum atomic E-state index is -0.502. The molecule has 1 unspecified atom stereocenters. The normalized spacial score (nSPS) is 16.2. The highest BCUT2D eigenvalue weighted by atomic mass is 16.6. The van der Waals surface area contributed by atoms with E-state index in [1.54, 1.807) is 17.0 Å². The number of aryl methyl sites for hydroxylation is 2. The average Bonchev–Trinajstić information content (AvgIpc) is 2.59. The van der Waals surface area contributed by atoms with Gasteiger partial charge in [0, 0.05) is 17.8 Å². The summed E-state index contributed by atoms with van der Waals surface area (Å²) in [7, 11) is 0. The minimum Gasteiger partial charge on any atom is -0.477 e. The van der Waals surface area contributed by atoms with Crippen LogP contribution in [0.5, 0.6) is 5.75 Å². The molecule has 0 radical (unpaired) electrons. The van der Waals surface area contributed by atoms with Crippen molar-refractivity contribution in [3.63, 3.8) is 0 Å². The third-order valence-corrected chi connectivity index (χ3v) is 4.46. The first-order chi connectivity index (χ1) is 12.0. The van der Waals surface area contributed by atoms with Crippen LogP contribution in [0.4, 0.5) is 11.4 Å². The quantitative estimate of drug-likeness (QED) is 0.629. The van der Waals surface area contributed by atoms with E-state index in [0.717, 1.165) is 29.7 Å². The van der Waals surface area contributed by atoms with Crippen LogP contribution < -0.4 is 9.64 Å². The molecule has 1 amide bonds. The summed E-state index contributed by atoms with van der Waals surface area (Å²) in [5.41, 5.74) is 2.74. The van der Waals surface area contributed by atoms with Gasteiger partial charge in [0.1, 0.15) is 0 Å². The van der Waals surface area contributed by atoms with Gasteiger partial charge in [-0.3, -0.25) is 14.9 Å². The number of nitro benzene ring substituents is 1. The molecule has 6 nitrogen and oxygen atoms in total. The first-order valence-electron chi connectivity index (χ1n) is 8.25. The molecule has 1 heterocycles.